The third-order valence-electron chi connectivity index (χ3n) is 3.51. The van der Waals surface area contributed by atoms with E-state index in [4.69, 9.17) is 4.74 Å². The largest absolute Gasteiger partial charge is 0.489 e. The van der Waals surface area contributed by atoms with Crippen LogP contribution >= 0.6 is 0 Å². The monoisotopic (exact) mass is 315 g/mol. The number of benzene rings is 2. The van der Waals surface area contributed by atoms with Crippen molar-refractivity contribution in [3.8, 4) is 5.75 Å². The zero-order chi connectivity index (χ0) is 16.9. The quantitative estimate of drug-likeness (QED) is 0.621. The Morgan fingerprint density at radius 3 is 2.48 bits per heavy atom. The smallest absolute Gasteiger partial charge is 0.276 e. The molecule has 5 heteroatoms. The molecule has 0 amide bonds. The van der Waals surface area contributed by atoms with Gasteiger partial charge in [-0.3, -0.25) is 10.1 Å². The van der Waals surface area contributed by atoms with Gasteiger partial charge < -0.3 is 9.84 Å². The Balaban J connectivity index is 2.10. The van der Waals surface area contributed by atoms with E-state index in [0.717, 1.165) is 5.56 Å². The molecule has 0 aliphatic heterocycles. The fourth-order valence-corrected chi connectivity index (χ4v) is 2.20. The van der Waals surface area contributed by atoms with Crippen LogP contribution < -0.4 is 4.74 Å². The van der Waals surface area contributed by atoms with E-state index in [1.165, 1.54) is 6.07 Å². The number of ether oxygens (including phenoxy) is 1. The number of rotatable bonds is 7. The number of nitro groups is 1. The molecule has 0 bridgehead atoms. The van der Waals surface area contributed by atoms with Gasteiger partial charge in [-0.05, 0) is 44.4 Å². The second-order valence-corrected chi connectivity index (χ2v) is 6.13. The lowest BCUT2D eigenvalue weighted by Gasteiger charge is -2.16. The van der Waals surface area contributed by atoms with E-state index in [-0.39, 0.29) is 5.69 Å². The van der Waals surface area contributed by atoms with Crippen LogP contribution in [-0.2, 0) is 13.0 Å². The predicted octanol–water partition coefficient (Wildman–Crippen LogP) is 3.88. The molecule has 0 heterocycles. The first kappa shape index (κ1) is 17.0. The molecule has 0 fully saturated rings. The van der Waals surface area contributed by atoms with E-state index in [1.54, 1.807) is 26.0 Å². The summed E-state index contributed by atoms with van der Waals surface area (Å²) in [5, 5.41) is 21.0. The van der Waals surface area contributed by atoms with Gasteiger partial charge in [0.05, 0.1) is 16.6 Å². The van der Waals surface area contributed by atoms with Gasteiger partial charge in [0.1, 0.15) is 12.4 Å². The Morgan fingerprint density at radius 2 is 1.87 bits per heavy atom. The SMILES string of the molecule is CC(C)(O)CCc1ccc(OCc2ccccc2)cc1[N+](=O)[O-]. The summed E-state index contributed by atoms with van der Waals surface area (Å²) >= 11 is 0. The summed E-state index contributed by atoms with van der Waals surface area (Å²) in [5.74, 6) is 0.465. The minimum Gasteiger partial charge on any atom is -0.489 e. The molecule has 0 aliphatic rings. The van der Waals surface area contributed by atoms with Crippen LogP contribution in [0.5, 0.6) is 5.75 Å². The van der Waals surface area contributed by atoms with Crippen LogP contribution in [0.1, 0.15) is 31.4 Å². The lowest BCUT2D eigenvalue weighted by molar-refractivity contribution is -0.385. The average molecular weight is 315 g/mol. The average Bonchev–Trinajstić information content (AvgIpc) is 2.51. The number of nitro benzene ring substituents is 1. The Bertz CT molecular complexity index is 662. The fourth-order valence-electron chi connectivity index (χ4n) is 2.20. The Labute approximate surface area is 135 Å². The van der Waals surface area contributed by atoms with Crippen molar-refractivity contribution in [1.29, 1.82) is 0 Å². The topological polar surface area (TPSA) is 72.6 Å². The molecule has 0 saturated carbocycles. The van der Waals surface area contributed by atoms with Crippen LogP contribution in [-0.4, -0.2) is 15.6 Å². The summed E-state index contributed by atoms with van der Waals surface area (Å²) in [7, 11) is 0. The van der Waals surface area contributed by atoms with Crippen molar-refractivity contribution < 1.29 is 14.8 Å². The van der Waals surface area contributed by atoms with E-state index in [1.807, 2.05) is 30.3 Å². The first-order valence-corrected chi connectivity index (χ1v) is 7.51. The molecule has 23 heavy (non-hydrogen) atoms. The maximum Gasteiger partial charge on any atom is 0.276 e. The van der Waals surface area contributed by atoms with Gasteiger partial charge >= 0.3 is 0 Å². The van der Waals surface area contributed by atoms with Crippen molar-refractivity contribution in [2.45, 2.75) is 38.9 Å². The molecule has 0 atom stereocenters. The summed E-state index contributed by atoms with van der Waals surface area (Å²) in [5.41, 5.74) is 0.779. The standard InChI is InChI=1S/C18H21NO4/c1-18(2,20)11-10-15-8-9-16(12-17(15)19(21)22)23-13-14-6-4-3-5-7-14/h3-9,12,20H,10-11,13H2,1-2H3. The third-order valence-corrected chi connectivity index (χ3v) is 3.51. The molecule has 122 valence electrons. The molecule has 5 nitrogen and oxygen atoms in total. The van der Waals surface area contributed by atoms with Gasteiger partial charge in [-0.25, -0.2) is 0 Å². The minimum absolute atomic E-state index is 0.0276. The van der Waals surface area contributed by atoms with E-state index in [9.17, 15) is 15.2 Å². The summed E-state index contributed by atoms with van der Waals surface area (Å²) in [6.45, 7) is 3.74. The predicted molar refractivity (Wildman–Crippen MR) is 88.5 cm³/mol. The highest BCUT2D eigenvalue weighted by Gasteiger charge is 2.19. The minimum atomic E-state index is -0.851. The normalized spacial score (nSPS) is 11.3. The van der Waals surface area contributed by atoms with Crippen LogP contribution in [0.15, 0.2) is 48.5 Å². The van der Waals surface area contributed by atoms with Gasteiger partial charge in [0.15, 0.2) is 0 Å². The molecule has 0 spiro atoms. The Morgan fingerprint density at radius 1 is 1.17 bits per heavy atom. The molecular formula is C18H21NO4. The second kappa shape index (κ2) is 7.24. The molecular weight excluding hydrogens is 294 g/mol. The zero-order valence-corrected chi connectivity index (χ0v) is 13.4. The van der Waals surface area contributed by atoms with Gasteiger partial charge in [-0.1, -0.05) is 30.3 Å². The van der Waals surface area contributed by atoms with Crippen LogP contribution in [0.4, 0.5) is 5.69 Å². The number of hydrogen-bond donors (Lipinski definition) is 1. The van der Waals surface area contributed by atoms with Crippen molar-refractivity contribution in [2.24, 2.45) is 0 Å². The van der Waals surface area contributed by atoms with Crippen LogP contribution in [0.2, 0.25) is 0 Å². The van der Waals surface area contributed by atoms with Crippen molar-refractivity contribution in [1.82, 2.24) is 0 Å². The lowest BCUT2D eigenvalue weighted by Crippen LogP contribution is -2.19. The molecule has 0 unspecified atom stereocenters. The van der Waals surface area contributed by atoms with Crippen LogP contribution in [0, 0.1) is 10.1 Å². The molecule has 0 saturated heterocycles. The Kier molecular flexibility index (Phi) is 5.34. The molecule has 2 rings (SSSR count). The zero-order valence-electron chi connectivity index (χ0n) is 13.4. The van der Waals surface area contributed by atoms with Gasteiger partial charge in [-0.15, -0.1) is 0 Å². The van der Waals surface area contributed by atoms with Crippen LogP contribution in [0.25, 0.3) is 0 Å². The molecule has 1 N–H and O–H groups in total. The second-order valence-electron chi connectivity index (χ2n) is 6.13. The first-order chi connectivity index (χ1) is 10.8. The highest BCUT2D eigenvalue weighted by Crippen LogP contribution is 2.27. The molecule has 2 aromatic rings. The summed E-state index contributed by atoms with van der Waals surface area (Å²) in [6.07, 6.45) is 0.900. The molecule has 0 aromatic heterocycles. The summed E-state index contributed by atoms with van der Waals surface area (Å²) in [6, 6.07) is 14.5. The fraction of sp³-hybridized carbons (Fsp3) is 0.333. The van der Waals surface area contributed by atoms with Crippen molar-refractivity contribution in [3.63, 3.8) is 0 Å². The van der Waals surface area contributed by atoms with E-state index >= 15 is 0 Å². The van der Waals surface area contributed by atoms with Gasteiger partial charge in [0.2, 0.25) is 0 Å². The van der Waals surface area contributed by atoms with Gasteiger partial charge in [0.25, 0.3) is 5.69 Å². The molecule has 0 aliphatic carbocycles. The number of hydrogen-bond acceptors (Lipinski definition) is 4. The molecule has 2 aromatic carbocycles. The van der Waals surface area contributed by atoms with Crippen molar-refractivity contribution in [3.05, 3.63) is 69.8 Å². The van der Waals surface area contributed by atoms with E-state index in [2.05, 4.69) is 0 Å². The summed E-state index contributed by atoms with van der Waals surface area (Å²) in [4.78, 5) is 10.9. The highest BCUT2D eigenvalue weighted by molar-refractivity contribution is 5.46. The van der Waals surface area contributed by atoms with Crippen molar-refractivity contribution >= 4 is 5.69 Å². The number of aryl methyl sites for hydroxylation is 1. The molecule has 0 radical (unpaired) electrons. The maximum atomic E-state index is 11.3. The third kappa shape index (κ3) is 5.38. The van der Waals surface area contributed by atoms with Gasteiger partial charge in [-0.2, -0.15) is 0 Å². The van der Waals surface area contributed by atoms with Crippen LogP contribution in [0.3, 0.4) is 0 Å². The van der Waals surface area contributed by atoms with E-state index in [0.29, 0.717) is 30.8 Å². The number of nitrogens with zero attached hydrogens (tertiary/aromatic N) is 1. The van der Waals surface area contributed by atoms with Crippen molar-refractivity contribution in [2.75, 3.05) is 0 Å². The summed E-state index contributed by atoms with van der Waals surface area (Å²) < 4.78 is 5.63. The Hall–Kier alpha value is -2.40. The highest BCUT2D eigenvalue weighted by atomic mass is 16.6. The first-order valence-electron chi connectivity index (χ1n) is 7.51. The number of aliphatic hydroxyl groups is 1. The van der Waals surface area contributed by atoms with E-state index < -0.39 is 10.5 Å². The lowest BCUT2D eigenvalue weighted by atomic mass is 9.98. The maximum absolute atomic E-state index is 11.3. The van der Waals surface area contributed by atoms with Gasteiger partial charge in [0, 0.05) is 5.56 Å².